The second-order valence-electron chi connectivity index (χ2n) is 10.8. The van der Waals surface area contributed by atoms with Gasteiger partial charge in [0.25, 0.3) is 11.8 Å². The first kappa shape index (κ1) is 29.0. The van der Waals surface area contributed by atoms with E-state index in [4.69, 9.17) is 10.5 Å². The van der Waals surface area contributed by atoms with Gasteiger partial charge in [0, 0.05) is 11.6 Å². The molecule has 2 heterocycles. The number of ether oxygens (including phenoxy) is 1. The van der Waals surface area contributed by atoms with E-state index in [-0.39, 0.29) is 29.8 Å². The minimum Gasteiger partial charge on any atom is -0.445 e. The molecule has 210 valence electrons. The van der Waals surface area contributed by atoms with Crippen LogP contribution in [0.5, 0.6) is 0 Å². The first-order chi connectivity index (χ1) is 18.9. The topological polar surface area (TPSA) is 128 Å². The molecule has 4 rings (SSSR count). The smallest absolute Gasteiger partial charge is 0.436 e. The lowest BCUT2D eigenvalue weighted by Gasteiger charge is -2.26. The van der Waals surface area contributed by atoms with Gasteiger partial charge in [-0.2, -0.15) is 4.68 Å². The molecule has 4 N–H and O–H groups in total. The summed E-state index contributed by atoms with van der Waals surface area (Å²) in [6.45, 7) is 11.4. The van der Waals surface area contributed by atoms with Crippen LogP contribution in [0.15, 0.2) is 60.7 Å². The molecule has 0 saturated carbocycles. The van der Waals surface area contributed by atoms with E-state index < -0.39 is 17.5 Å². The molecule has 40 heavy (non-hydrogen) atoms. The second kappa shape index (κ2) is 11.6. The van der Waals surface area contributed by atoms with Crippen molar-refractivity contribution in [3.63, 3.8) is 0 Å². The van der Waals surface area contributed by atoms with Gasteiger partial charge in [0.05, 0.1) is 21.9 Å². The lowest BCUT2D eigenvalue weighted by Crippen LogP contribution is -2.40. The zero-order valence-electron chi connectivity index (χ0n) is 23.5. The van der Waals surface area contributed by atoms with Gasteiger partial charge < -0.3 is 21.1 Å². The molecular formula is C30H35N5O4S. The van der Waals surface area contributed by atoms with Crippen molar-refractivity contribution in [2.45, 2.75) is 59.2 Å². The van der Waals surface area contributed by atoms with Crippen molar-refractivity contribution in [1.29, 1.82) is 0 Å². The molecule has 0 fully saturated rings. The van der Waals surface area contributed by atoms with E-state index in [0.29, 0.717) is 20.7 Å². The molecule has 9 nitrogen and oxygen atoms in total. The molecule has 10 heteroatoms. The summed E-state index contributed by atoms with van der Waals surface area (Å²) in [6.07, 6.45) is -1.08. The first-order valence-corrected chi connectivity index (χ1v) is 14.0. The van der Waals surface area contributed by atoms with Crippen LogP contribution in [0.3, 0.4) is 0 Å². The van der Waals surface area contributed by atoms with Crippen LogP contribution in [0.1, 0.15) is 78.7 Å². The molecule has 0 radical (unpaired) electrons. The van der Waals surface area contributed by atoms with Crippen LogP contribution >= 0.6 is 11.3 Å². The Bertz CT molecular complexity index is 1520. The Morgan fingerprint density at radius 1 is 0.975 bits per heavy atom. The number of nitrogens with two attached hydrogens (primary N) is 1. The number of carbonyl (C=O) groups is 3. The van der Waals surface area contributed by atoms with Gasteiger partial charge in [0.15, 0.2) is 5.82 Å². The Morgan fingerprint density at radius 2 is 1.62 bits per heavy atom. The second-order valence-corrected chi connectivity index (χ2v) is 11.8. The third kappa shape index (κ3) is 6.24. The summed E-state index contributed by atoms with van der Waals surface area (Å²) in [6, 6.07) is 18.2. The van der Waals surface area contributed by atoms with Gasteiger partial charge in [-0.05, 0) is 62.9 Å². The van der Waals surface area contributed by atoms with Crippen molar-refractivity contribution >= 4 is 45.3 Å². The fraction of sp³-hybridized carbons (Fsp3) is 0.333. The highest BCUT2D eigenvalue weighted by molar-refractivity contribution is 7.20. The number of hydrogen-bond acceptors (Lipinski definition) is 7. The van der Waals surface area contributed by atoms with Gasteiger partial charge >= 0.3 is 6.09 Å². The minimum absolute atomic E-state index is 0.137. The number of fused-ring (bicyclic) bond motifs is 1. The molecule has 2 aromatic carbocycles. The van der Waals surface area contributed by atoms with Gasteiger partial charge in [-0.1, -0.05) is 56.3 Å². The number of hydrogen-bond donors (Lipinski definition) is 3. The Balaban J connectivity index is 1.64. The van der Waals surface area contributed by atoms with Gasteiger partial charge in [-0.25, -0.2) is 4.79 Å². The number of anilines is 1. The quantitative estimate of drug-likeness (QED) is 0.240. The molecule has 0 saturated heterocycles. The van der Waals surface area contributed by atoms with Gasteiger partial charge in [0.2, 0.25) is 0 Å². The lowest BCUT2D eigenvalue weighted by atomic mass is 9.94. The van der Waals surface area contributed by atoms with Crippen LogP contribution in [-0.4, -0.2) is 33.8 Å². The van der Waals surface area contributed by atoms with Crippen molar-refractivity contribution in [2.24, 2.45) is 11.7 Å². The molecular weight excluding hydrogens is 526 g/mol. The molecule has 0 aliphatic carbocycles. The number of nitrogens with one attached hydrogen (secondary N) is 2. The van der Waals surface area contributed by atoms with Crippen LogP contribution in [0.4, 0.5) is 10.6 Å². The van der Waals surface area contributed by atoms with E-state index >= 15 is 0 Å². The lowest BCUT2D eigenvalue weighted by molar-refractivity contribution is 0.0915. The highest BCUT2D eigenvalue weighted by Crippen LogP contribution is 2.33. The maximum atomic E-state index is 13.3. The Hall–Kier alpha value is -4.02. The summed E-state index contributed by atoms with van der Waals surface area (Å²) >= 11 is 1.10. The molecule has 1 atom stereocenters. The first-order valence-electron chi connectivity index (χ1n) is 13.2. The average Bonchev–Trinajstić information content (AvgIpc) is 3.49. The van der Waals surface area contributed by atoms with Crippen molar-refractivity contribution < 1.29 is 19.1 Å². The van der Waals surface area contributed by atoms with Crippen molar-refractivity contribution in [1.82, 2.24) is 15.1 Å². The largest absolute Gasteiger partial charge is 0.445 e. The number of nitrogens with zero attached hydrogens (tertiary/aromatic N) is 2. The SMILES string of the molecule is CC(C)OC(=O)n1nc(NC(=O)c2ccc(C(N)C(C)C)cc2)c2cc(C(=O)NC(C)(C)c3ccccc3)sc21. The third-order valence-electron chi connectivity index (χ3n) is 6.52. The molecule has 4 aromatic rings. The van der Waals surface area contributed by atoms with E-state index in [0.717, 1.165) is 27.1 Å². The highest BCUT2D eigenvalue weighted by atomic mass is 32.1. The Morgan fingerprint density at radius 3 is 2.23 bits per heavy atom. The van der Waals surface area contributed by atoms with Crippen molar-refractivity contribution in [3.05, 3.63) is 82.2 Å². The number of carbonyl (C=O) groups excluding carboxylic acids is 3. The normalized spacial score (nSPS) is 12.5. The Labute approximate surface area is 237 Å². The number of aromatic nitrogens is 2. The molecule has 0 aliphatic rings. The number of rotatable bonds is 8. The number of amides is 2. The zero-order valence-corrected chi connectivity index (χ0v) is 24.3. The highest BCUT2D eigenvalue weighted by Gasteiger charge is 2.27. The van der Waals surface area contributed by atoms with E-state index in [1.54, 1.807) is 32.0 Å². The van der Waals surface area contributed by atoms with E-state index in [1.807, 2.05) is 70.2 Å². The maximum absolute atomic E-state index is 13.3. The van der Waals surface area contributed by atoms with Crippen LogP contribution in [-0.2, 0) is 10.3 Å². The van der Waals surface area contributed by atoms with Gasteiger partial charge in [-0.3, -0.25) is 9.59 Å². The maximum Gasteiger partial charge on any atom is 0.436 e. The van der Waals surface area contributed by atoms with Crippen LogP contribution in [0.2, 0.25) is 0 Å². The van der Waals surface area contributed by atoms with Crippen molar-refractivity contribution in [2.75, 3.05) is 5.32 Å². The van der Waals surface area contributed by atoms with Gasteiger partial charge in [0.1, 0.15) is 4.83 Å². The third-order valence-corrected chi connectivity index (χ3v) is 7.63. The molecule has 0 spiro atoms. The van der Waals surface area contributed by atoms with Crippen LogP contribution < -0.4 is 16.4 Å². The predicted molar refractivity (Wildman–Crippen MR) is 158 cm³/mol. The summed E-state index contributed by atoms with van der Waals surface area (Å²) in [4.78, 5) is 40.0. The molecule has 2 amide bonds. The van der Waals surface area contributed by atoms with Crippen molar-refractivity contribution in [3.8, 4) is 0 Å². The zero-order chi connectivity index (χ0) is 29.2. The van der Waals surface area contributed by atoms with Crippen LogP contribution in [0.25, 0.3) is 10.2 Å². The molecule has 0 aliphatic heterocycles. The summed E-state index contributed by atoms with van der Waals surface area (Å²) in [5, 5.41) is 10.6. The molecule has 0 bridgehead atoms. The molecule has 2 aromatic heterocycles. The van der Waals surface area contributed by atoms with E-state index in [1.165, 1.54) is 0 Å². The molecule has 1 unspecified atom stereocenters. The minimum atomic E-state index is -0.703. The number of benzene rings is 2. The fourth-order valence-electron chi connectivity index (χ4n) is 4.18. The fourth-order valence-corrected chi connectivity index (χ4v) is 5.18. The number of thiophene rings is 1. The summed E-state index contributed by atoms with van der Waals surface area (Å²) in [5.74, 6) is -0.309. The van der Waals surface area contributed by atoms with Crippen LogP contribution in [0, 0.1) is 5.92 Å². The van der Waals surface area contributed by atoms with E-state index in [2.05, 4.69) is 15.7 Å². The van der Waals surface area contributed by atoms with E-state index in [9.17, 15) is 14.4 Å². The Kier molecular flexibility index (Phi) is 8.41. The standard InChI is InChI=1S/C30H35N5O4S/c1-17(2)24(31)19-12-14-20(15-13-19)26(36)32-25-22-16-23(40-28(22)35(34-25)29(38)39-18(3)4)27(37)33-30(5,6)21-10-8-7-9-11-21/h7-18,24H,31H2,1-6H3,(H,33,37)(H,32,34,36). The average molecular weight is 562 g/mol. The summed E-state index contributed by atoms with van der Waals surface area (Å²) in [5.41, 5.74) is 7.87. The predicted octanol–water partition coefficient (Wildman–Crippen LogP) is 6.06. The summed E-state index contributed by atoms with van der Waals surface area (Å²) in [7, 11) is 0. The summed E-state index contributed by atoms with van der Waals surface area (Å²) < 4.78 is 6.44. The van der Waals surface area contributed by atoms with Gasteiger partial charge in [-0.15, -0.1) is 16.4 Å². The monoisotopic (exact) mass is 561 g/mol.